The number of rotatable bonds is 11. The van der Waals surface area contributed by atoms with Crippen molar-refractivity contribution < 1.29 is 18.0 Å². The van der Waals surface area contributed by atoms with E-state index in [1.165, 1.54) is 4.90 Å². The van der Waals surface area contributed by atoms with Crippen molar-refractivity contribution in [2.45, 2.75) is 52.7 Å². The summed E-state index contributed by atoms with van der Waals surface area (Å²) in [6.45, 7) is 7.17. The van der Waals surface area contributed by atoms with Gasteiger partial charge in [0, 0.05) is 23.5 Å². The second-order valence-corrected chi connectivity index (χ2v) is 12.9. The van der Waals surface area contributed by atoms with E-state index >= 15 is 0 Å². The molecule has 2 amide bonds. The highest BCUT2D eigenvalue weighted by molar-refractivity contribution is 9.10. The minimum Gasteiger partial charge on any atom is -0.352 e. The molecular formula is C30H36BrN3O4S. The first kappa shape index (κ1) is 30.4. The topological polar surface area (TPSA) is 86.8 Å². The number of aryl methyl sites for hydroxylation is 2. The predicted octanol–water partition coefficient (Wildman–Crippen LogP) is 5.00. The third-order valence-corrected chi connectivity index (χ3v) is 7.86. The maximum Gasteiger partial charge on any atom is 0.244 e. The van der Waals surface area contributed by atoms with Crippen molar-refractivity contribution in [3.05, 3.63) is 99.5 Å². The van der Waals surface area contributed by atoms with E-state index in [0.717, 1.165) is 37.3 Å². The van der Waals surface area contributed by atoms with Crippen molar-refractivity contribution in [1.29, 1.82) is 0 Å². The Balaban J connectivity index is 2.07. The summed E-state index contributed by atoms with van der Waals surface area (Å²) >= 11 is 3.48. The normalized spacial score (nSPS) is 12.2. The fourth-order valence-electron chi connectivity index (χ4n) is 4.45. The minimum atomic E-state index is -3.81. The lowest BCUT2D eigenvalue weighted by Crippen LogP contribution is -2.54. The lowest BCUT2D eigenvalue weighted by molar-refractivity contribution is -0.140. The molecule has 0 unspecified atom stereocenters. The van der Waals surface area contributed by atoms with E-state index in [-0.39, 0.29) is 24.9 Å². The molecule has 1 N–H and O–H groups in total. The Labute approximate surface area is 240 Å². The Morgan fingerprint density at radius 1 is 0.923 bits per heavy atom. The maximum absolute atomic E-state index is 14.1. The molecule has 1 atom stereocenters. The van der Waals surface area contributed by atoms with Gasteiger partial charge in [-0.1, -0.05) is 76.1 Å². The quantitative estimate of drug-likeness (QED) is 0.330. The van der Waals surface area contributed by atoms with Crippen LogP contribution in [0.1, 0.15) is 36.1 Å². The zero-order valence-corrected chi connectivity index (χ0v) is 25.4. The molecule has 0 saturated carbocycles. The Morgan fingerprint density at radius 3 is 2.18 bits per heavy atom. The number of carbonyl (C=O) groups is 2. The van der Waals surface area contributed by atoms with Crippen LogP contribution in [0.2, 0.25) is 0 Å². The molecule has 3 aromatic rings. The number of hydrogen-bond donors (Lipinski definition) is 1. The van der Waals surface area contributed by atoms with Gasteiger partial charge in [-0.2, -0.15) is 0 Å². The third kappa shape index (κ3) is 8.66. The summed E-state index contributed by atoms with van der Waals surface area (Å²) in [6, 6.07) is 21.4. The van der Waals surface area contributed by atoms with Gasteiger partial charge >= 0.3 is 0 Å². The Bertz CT molecular complexity index is 1410. The molecule has 0 aliphatic carbocycles. The SMILES string of the molecule is Cc1ccc(N(CC(=O)N(Cc2cccc(Br)c2)[C@@H](Cc2ccccc2)C(=O)NC(C)C)S(C)(=O)=O)c(C)c1. The van der Waals surface area contributed by atoms with Crippen LogP contribution in [-0.4, -0.2) is 50.0 Å². The van der Waals surface area contributed by atoms with E-state index in [1.54, 1.807) is 6.07 Å². The van der Waals surface area contributed by atoms with Gasteiger partial charge in [0.15, 0.2) is 0 Å². The summed E-state index contributed by atoms with van der Waals surface area (Å²) in [7, 11) is -3.81. The number of sulfonamides is 1. The summed E-state index contributed by atoms with van der Waals surface area (Å²) in [6.07, 6.45) is 1.37. The average Bonchev–Trinajstić information content (AvgIpc) is 2.84. The second kappa shape index (κ2) is 13.3. The monoisotopic (exact) mass is 613 g/mol. The Hall–Kier alpha value is -3.17. The maximum atomic E-state index is 14.1. The molecule has 0 aromatic heterocycles. The van der Waals surface area contributed by atoms with Crippen molar-refractivity contribution in [1.82, 2.24) is 10.2 Å². The van der Waals surface area contributed by atoms with Crippen molar-refractivity contribution in [2.75, 3.05) is 17.1 Å². The van der Waals surface area contributed by atoms with Crippen LogP contribution in [0.4, 0.5) is 5.69 Å². The van der Waals surface area contributed by atoms with Gasteiger partial charge in [-0.05, 0) is 62.6 Å². The predicted molar refractivity (Wildman–Crippen MR) is 160 cm³/mol. The number of nitrogens with one attached hydrogen (secondary N) is 1. The molecule has 7 nitrogen and oxygen atoms in total. The molecule has 208 valence electrons. The first-order valence-electron chi connectivity index (χ1n) is 12.8. The number of halogens is 1. The number of nitrogens with zero attached hydrogens (tertiary/aromatic N) is 2. The second-order valence-electron chi connectivity index (χ2n) is 10.1. The zero-order chi connectivity index (χ0) is 28.7. The highest BCUT2D eigenvalue weighted by atomic mass is 79.9. The fourth-order valence-corrected chi connectivity index (χ4v) is 5.80. The van der Waals surface area contributed by atoms with Crippen molar-refractivity contribution in [3.8, 4) is 0 Å². The van der Waals surface area contributed by atoms with E-state index in [0.29, 0.717) is 5.69 Å². The van der Waals surface area contributed by atoms with Crippen molar-refractivity contribution in [2.24, 2.45) is 0 Å². The molecule has 9 heteroatoms. The molecule has 0 fully saturated rings. The molecule has 0 aliphatic rings. The van der Waals surface area contributed by atoms with Gasteiger partial charge < -0.3 is 10.2 Å². The number of hydrogen-bond acceptors (Lipinski definition) is 4. The standard InChI is InChI=1S/C30H36BrN3O4S/c1-21(2)32-30(36)28(18-24-10-7-6-8-11-24)33(19-25-12-9-13-26(31)17-25)29(35)20-34(39(5,37)38)27-15-14-22(3)16-23(27)4/h6-17,21,28H,18-20H2,1-5H3,(H,32,36)/t28-/m0/s1. The fraction of sp³-hybridized carbons (Fsp3) is 0.333. The van der Waals surface area contributed by atoms with Gasteiger partial charge in [0.05, 0.1) is 11.9 Å². The van der Waals surface area contributed by atoms with Crippen LogP contribution in [0.15, 0.2) is 77.3 Å². The van der Waals surface area contributed by atoms with Gasteiger partial charge in [-0.3, -0.25) is 13.9 Å². The van der Waals surface area contributed by atoms with Crippen molar-refractivity contribution in [3.63, 3.8) is 0 Å². The van der Waals surface area contributed by atoms with Crippen LogP contribution in [0.25, 0.3) is 0 Å². The van der Waals surface area contributed by atoms with E-state index in [4.69, 9.17) is 0 Å². The average molecular weight is 615 g/mol. The molecule has 0 aliphatic heterocycles. The van der Waals surface area contributed by atoms with Gasteiger partial charge in [-0.15, -0.1) is 0 Å². The van der Waals surface area contributed by atoms with Gasteiger partial charge in [0.25, 0.3) is 0 Å². The molecule has 0 spiro atoms. The molecule has 39 heavy (non-hydrogen) atoms. The summed E-state index contributed by atoms with van der Waals surface area (Å²) in [5.41, 5.74) is 3.86. The van der Waals surface area contributed by atoms with Crippen LogP contribution >= 0.6 is 15.9 Å². The first-order valence-corrected chi connectivity index (χ1v) is 15.4. The molecular weight excluding hydrogens is 578 g/mol. The van der Waals surface area contributed by atoms with E-state index < -0.39 is 28.5 Å². The van der Waals surface area contributed by atoms with E-state index in [2.05, 4.69) is 21.2 Å². The Morgan fingerprint density at radius 2 is 1.59 bits per heavy atom. The molecule has 3 aromatic carbocycles. The minimum absolute atomic E-state index is 0.131. The van der Waals surface area contributed by atoms with Gasteiger partial charge in [0.2, 0.25) is 21.8 Å². The number of benzene rings is 3. The number of carbonyl (C=O) groups excluding carboxylic acids is 2. The Kier molecular flexibility index (Phi) is 10.3. The summed E-state index contributed by atoms with van der Waals surface area (Å²) < 4.78 is 27.8. The van der Waals surface area contributed by atoms with Crippen LogP contribution in [0.3, 0.4) is 0 Å². The van der Waals surface area contributed by atoms with Crippen LogP contribution in [0.5, 0.6) is 0 Å². The molecule has 0 radical (unpaired) electrons. The lowest BCUT2D eigenvalue weighted by Gasteiger charge is -2.34. The first-order chi connectivity index (χ1) is 18.3. The smallest absolute Gasteiger partial charge is 0.244 e. The summed E-state index contributed by atoms with van der Waals surface area (Å²) in [4.78, 5) is 29.1. The number of amides is 2. The van der Waals surface area contributed by atoms with Crippen LogP contribution < -0.4 is 9.62 Å². The molecule has 3 rings (SSSR count). The molecule has 0 bridgehead atoms. The lowest BCUT2D eigenvalue weighted by atomic mass is 10.0. The summed E-state index contributed by atoms with van der Waals surface area (Å²) in [5.74, 6) is -0.769. The van der Waals surface area contributed by atoms with Crippen LogP contribution in [-0.2, 0) is 32.6 Å². The van der Waals surface area contributed by atoms with E-state index in [1.807, 2.05) is 94.4 Å². The van der Waals surface area contributed by atoms with E-state index in [9.17, 15) is 18.0 Å². The summed E-state index contributed by atoms with van der Waals surface area (Å²) in [5, 5.41) is 2.95. The molecule has 0 heterocycles. The van der Waals surface area contributed by atoms with Crippen molar-refractivity contribution >= 4 is 43.5 Å². The van der Waals surface area contributed by atoms with Gasteiger partial charge in [0.1, 0.15) is 12.6 Å². The largest absolute Gasteiger partial charge is 0.352 e. The zero-order valence-electron chi connectivity index (χ0n) is 23.0. The van der Waals surface area contributed by atoms with Gasteiger partial charge in [-0.25, -0.2) is 8.42 Å². The highest BCUT2D eigenvalue weighted by Gasteiger charge is 2.33. The third-order valence-electron chi connectivity index (χ3n) is 6.24. The number of anilines is 1. The van der Waals surface area contributed by atoms with Crippen LogP contribution in [0, 0.1) is 13.8 Å². The molecule has 0 saturated heterocycles. The highest BCUT2D eigenvalue weighted by Crippen LogP contribution is 2.25.